The largest absolute Gasteiger partial charge is 0.481 e. The van der Waals surface area contributed by atoms with E-state index in [9.17, 15) is 63.3 Å². The molecule has 1 aromatic carbocycles. The van der Waals surface area contributed by atoms with Gasteiger partial charge in [0, 0.05) is 25.9 Å². The van der Waals surface area contributed by atoms with Gasteiger partial charge < -0.3 is 74.6 Å². The highest BCUT2D eigenvalue weighted by molar-refractivity contribution is 5.98. The molecule has 2 rings (SSSR count). The highest BCUT2D eigenvalue weighted by Crippen LogP contribution is 2.20. The quantitative estimate of drug-likeness (QED) is 0.0212. The molecule has 1 heterocycles. The first kappa shape index (κ1) is 59.2. The minimum absolute atomic E-state index is 0.0708. The molecule has 0 radical (unpaired) electrons. The second-order valence-corrected chi connectivity index (χ2v) is 17.6. The first-order chi connectivity index (χ1) is 32.9. The molecule has 0 saturated carbocycles. The molecule has 0 spiro atoms. The van der Waals surface area contributed by atoms with Crippen molar-refractivity contribution in [2.24, 2.45) is 34.0 Å². The smallest absolute Gasteiger partial charge is 0.325 e. The van der Waals surface area contributed by atoms with Crippen molar-refractivity contribution < 1.29 is 63.3 Å². The summed E-state index contributed by atoms with van der Waals surface area (Å²) in [7, 11) is 0. The topological polar surface area (TPSA) is 409 Å². The lowest BCUT2D eigenvalue weighted by atomic mass is 9.95. The van der Waals surface area contributed by atoms with Crippen molar-refractivity contribution in [1.29, 1.82) is 0 Å². The number of nitrogens with two attached hydrogens (primary N) is 3. The van der Waals surface area contributed by atoms with E-state index in [0.717, 1.165) is 0 Å². The number of carboxylic acid groups (broad SMARTS) is 2. The third kappa shape index (κ3) is 19.2. The number of benzene rings is 1. The van der Waals surface area contributed by atoms with Crippen LogP contribution >= 0.6 is 0 Å². The molecule has 0 bridgehead atoms. The van der Waals surface area contributed by atoms with Crippen LogP contribution in [0, 0.1) is 11.8 Å². The van der Waals surface area contributed by atoms with E-state index in [4.69, 9.17) is 17.2 Å². The number of carboxylic acids is 2. The third-order valence-corrected chi connectivity index (χ3v) is 11.7. The maximum Gasteiger partial charge on any atom is 0.325 e. The van der Waals surface area contributed by atoms with Crippen LogP contribution in [0.15, 0.2) is 35.3 Å². The second-order valence-electron chi connectivity index (χ2n) is 17.6. The van der Waals surface area contributed by atoms with Gasteiger partial charge in [0.25, 0.3) is 0 Å². The van der Waals surface area contributed by atoms with Crippen LogP contribution in [0.25, 0.3) is 0 Å². The first-order valence-corrected chi connectivity index (χ1v) is 23.2. The van der Waals surface area contributed by atoms with Crippen LogP contribution in [-0.2, 0) is 54.4 Å². The van der Waals surface area contributed by atoms with Crippen molar-refractivity contribution in [3.8, 4) is 0 Å². The fourth-order valence-electron chi connectivity index (χ4n) is 7.26. The zero-order valence-corrected chi connectivity index (χ0v) is 40.6. The van der Waals surface area contributed by atoms with Crippen LogP contribution in [0.5, 0.6) is 0 Å². The lowest BCUT2D eigenvalue weighted by Gasteiger charge is -2.30. The van der Waals surface area contributed by atoms with E-state index in [2.05, 4.69) is 42.2 Å². The lowest BCUT2D eigenvalue weighted by Crippen LogP contribution is -2.61. The number of hydrogen-bond donors (Lipinski definition) is 13. The van der Waals surface area contributed by atoms with E-state index in [1.54, 1.807) is 58.0 Å². The summed E-state index contributed by atoms with van der Waals surface area (Å²) in [5.74, 6) is -10.4. The Labute approximate surface area is 406 Å². The van der Waals surface area contributed by atoms with Crippen LogP contribution in [0.1, 0.15) is 92.1 Å². The maximum atomic E-state index is 14.0. The number of carbonyl (C=O) groups is 10. The Hall–Kier alpha value is -6.89. The highest BCUT2D eigenvalue weighted by atomic mass is 16.4. The number of aliphatic carboxylic acids is 2. The van der Waals surface area contributed by atoms with Crippen molar-refractivity contribution >= 4 is 65.2 Å². The molecule has 1 fully saturated rings. The molecule has 1 saturated heterocycles. The molecule has 70 heavy (non-hydrogen) atoms. The maximum absolute atomic E-state index is 14.0. The zero-order valence-electron chi connectivity index (χ0n) is 40.6. The van der Waals surface area contributed by atoms with Crippen molar-refractivity contribution in [2.75, 3.05) is 19.7 Å². The molecule has 10 atom stereocenters. The number of guanidine groups is 1. The van der Waals surface area contributed by atoms with Crippen molar-refractivity contribution in [3.63, 3.8) is 0 Å². The van der Waals surface area contributed by atoms with Crippen molar-refractivity contribution in [2.45, 2.75) is 147 Å². The predicted octanol–water partition coefficient (Wildman–Crippen LogP) is -3.32. The number of aliphatic hydroxyl groups excluding tert-OH is 1. The SMILES string of the molecule is CC[C@H](C)[C@H](NC(=O)[C@@H](NC(=O)[C@@H](N)CCCN=C(N)N)C(C)C)C(=O)N[C@@H](CCC(=O)O)C(=O)N[C@@H](C)C(=O)N[C@@H](CO)C(=O)N[C@@H](Cc1ccccc1)C(=O)N1CCC[C@H]1C(=O)N[C@@H](C)C(=O)O. The summed E-state index contributed by atoms with van der Waals surface area (Å²) in [6.45, 7) is 8.60. The Bertz CT molecular complexity index is 2020. The van der Waals surface area contributed by atoms with Gasteiger partial charge in [-0.05, 0) is 63.4 Å². The van der Waals surface area contributed by atoms with Gasteiger partial charge in [-0.3, -0.25) is 52.9 Å². The number of amides is 8. The van der Waals surface area contributed by atoms with Gasteiger partial charge in [0.15, 0.2) is 5.96 Å². The summed E-state index contributed by atoms with van der Waals surface area (Å²) in [6, 6.07) is -3.21. The Morgan fingerprint density at radius 2 is 1.30 bits per heavy atom. The van der Waals surface area contributed by atoms with Gasteiger partial charge in [0.1, 0.15) is 48.3 Å². The highest BCUT2D eigenvalue weighted by Gasteiger charge is 2.40. The number of rotatable bonds is 29. The molecule has 16 N–H and O–H groups in total. The number of aliphatic imine (C=N–C) groups is 1. The number of nitrogens with one attached hydrogen (secondary N) is 7. The van der Waals surface area contributed by atoms with E-state index in [-0.39, 0.29) is 38.3 Å². The average Bonchev–Trinajstić information content (AvgIpc) is 3.81. The number of nitrogens with zero attached hydrogens (tertiary/aromatic N) is 2. The molecule has 25 heteroatoms. The Kier molecular flexibility index (Phi) is 24.7. The van der Waals surface area contributed by atoms with Crippen LogP contribution in [0.4, 0.5) is 0 Å². The van der Waals surface area contributed by atoms with E-state index in [1.165, 1.54) is 18.7 Å². The van der Waals surface area contributed by atoms with E-state index in [0.29, 0.717) is 24.8 Å². The number of hydrogen-bond acceptors (Lipinski definition) is 13. The van der Waals surface area contributed by atoms with Gasteiger partial charge in [0.05, 0.1) is 12.6 Å². The molecule has 390 valence electrons. The normalized spacial score (nSPS) is 17.1. The van der Waals surface area contributed by atoms with Gasteiger partial charge >= 0.3 is 11.9 Å². The summed E-state index contributed by atoms with van der Waals surface area (Å²) < 4.78 is 0. The van der Waals surface area contributed by atoms with E-state index >= 15 is 0 Å². The van der Waals surface area contributed by atoms with Crippen LogP contribution in [0.2, 0.25) is 0 Å². The molecule has 25 nitrogen and oxygen atoms in total. The molecule has 1 aromatic rings. The van der Waals surface area contributed by atoms with Gasteiger partial charge in [-0.2, -0.15) is 0 Å². The molecule has 0 aliphatic carbocycles. The number of aliphatic hydroxyl groups is 1. The van der Waals surface area contributed by atoms with Crippen LogP contribution < -0.4 is 54.4 Å². The van der Waals surface area contributed by atoms with E-state index < -0.39 is 145 Å². The number of carbonyl (C=O) groups excluding carboxylic acids is 8. The molecular formula is C45H72N12O13. The monoisotopic (exact) mass is 989 g/mol. The zero-order chi connectivity index (χ0) is 52.8. The van der Waals surface area contributed by atoms with Crippen molar-refractivity contribution in [3.05, 3.63) is 35.9 Å². The summed E-state index contributed by atoms with van der Waals surface area (Å²) >= 11 is 0. The van der Waals surface area contributed by atoms with Crippen LogP contribution in [-0.4, -0.2) is 159 Å². The number of likely N-dealkylation sites (tertiary alicyclic amines) is 1. The molecule has 1 aliphatic heterocycles. The summed E-state index contributed by atoms with van der Waals surface area (Å²) in [4.78, 5) is 137. The molecular weight excluding hydrogens is 917 g/mol. The standard InChI is InChI=1S/C45H72N12O13/c1-7-24(4)35(56-41(66)34(23(2)3)55-37(62)28(46)15-11-19-49-45(47)48)42(67)52-29(17-18-33(59)60)38(63)50-25(5)36(61)54-31(22-58)39(64)53-30(21-27-13-9-8-10-14-27)43(68)57-20-12-16-32(57)40(65)51-26(6)44(69)70/h8-10,13-14,23-26,28-32,34-35,58H,7,11-12,15-22,46H2,1-6H3,(H,50,63)(H,51,65)(H,52,67)(H,53,64)(H,54,61)(H,55,62)(H,56,66)(H,59,60)(H,69,70)(H4,47,48,49)/t24-,25-,26-,28-,29-,30-,31-,32-,34-,35-/m0/s1. The fourth-order valence-corrected chi connectivity index (χ4v) is 7.26. The lowest BCUT2D eigenvalue weighted by molar-refractivity contribution is -0.144. The minimum Gasteiger partial charge on any atom is -0.481 e. The van der Waals surface area contributed by atoms with Gasteiger partial charge in [-0.15, -0.1) is 0 Å². The second kappa shape index (κ2) is 29.2. The summed E-state index contributed by atoms with van der Waals surface area (Å²) in [5.41, 5.74) is 17.3. The molecule has 0 aromatic heterocycles. The van der Waals surface area contributed by atoms with Gasteiger partial charge in [-0.1, -0.05) is 64.4 Å². The van der Waals surface area contributed by atoms with Crippen molar-refractivity contribution in [1.82, 2.24) is 42.1 Å². The summed E-state index contributed by atoms with van der Waals surface area (Å²) in [6.07, 6.45) is 0.442. The van der Waals surface area contributed by atoms with E-state index in [1.807, 2.05) is 0 Å². The molecule has 1 aliphatic rings. The molecule has 0 unspecified atom stereocenters. The minimum atomic E-state index is -1.68. The Morgan fingerprint density at radius 1 is 0.714 bits per heavy atom. The van der Waals surface area contributed by atoms with Gasteiger partial charge in [-0.25, -0.2) is 0 Å². The Balaban J connectivity index is 2.23. The molecule has 8 amide bonds. The predicted molar refractivity (Wildman–Crippen MR) is 254 cm³/mol. The fraction of sp³-hybridized carbons (Fsp3) is 0.622. The third-order valence-electron chi connectivity index (χ3n) is 11.7. The Morgan fingerprint density at radius 3 is 1.87 bits per heavy atom. The summed E-state index contributed by atoms with van der Waals surface area (Å²) in [5, 5.41) is 46.4. The average molecular weight is 989 g/mol. The van der Waals surface area contributed by atoms with Gasteiger partial charge in [0.2, 0.25) is 47.3 Å². The van der Waals surface area contributed by atoms with Crippen LogP contribution in [0.3, 0.4) is 0 Å². The first-order valence-electron chi connectivity index (χ1n) is 23.2.